The molecule has 0 saturated carbocycles. The van der Waals surface area contributed by atoms with Gasteiger partial charge in [0.2, 0.25) is 0 Å². The van der Waals surface area contributed by atoms with E-state index < -0.39 is 11.6 Å². The highest BCUT2D eigenvalue weighted by Gasteiger charge is 2.21. The number of hydrogen-bond donors (Lipinski definition) is 2. The molecule has 2 N–H and O–H groups in total. The van der Waals surface area contributed by atoms with E-state index in [2.05, 4.69) is 0 Å². The first-order valence-corrected chi connectivity index (χ1v) is 5.06. The first-order chi connectivity index (χ1) is 7.47. The quantitative estimate of drug-likeness (QED) is 0.797. The fourth-order valence-electron chi connectivity index (χ4n) is 1.40. The van der Waals surface area contributed by atoms with Crippen molar-refractivity contribution in [3.8, 4) is 0 Å². The third kappa shape index (κ3) is 3.05. The van der Waals surface area contributed by atoms with Crippen molar-refractivity contribution in [2.45, 2.75) is 19.4 Å². The molecule has 88 valence electrons. The van der Waals surface area contributed by atoms with Crippen molar-refractivity contribution in [3.05, 3.63) is 35.4 Å². The van der Waals surface area contributed by atoms with Gasteiger partial charge in [0, 0.05) is 0 Å². The van der Waals surface area contributed by atoms with Crippen LogP contribution in [0.4, 0.5) is 0 Å². The summed E-state index contributed by atoms with van der Waals surface area (Å²) in [5, 5.41) is 17.4. The van der Waals surface area contributed by atoms with E-state index in [1.54, 1.807) is 24.3 Å². The van der Waals surface area contributed by atoms with Crippen LogP contribution in [-0.4, -0.2) is 29.4 Å². The number of carboxylic acid groups (broad SMARTS) is 1. The zero-order chi connectivity index (χ0) is 12.2. The third-order valence-corrected chi connectivity index (χ3v) is 2.38. The van der Waals surface area contributed by atoms with E-state index in [1.807, 2.05) is 13.8 Å². The van der Waals surface area contributed by atoms with Gasteiger partial charge in [-0.1, -0.05) is 12.1 Å². The Labute approximate surface area is 94.5 Å². The number of carboxylic acids is 1. The summed E-state index contributed by atoms with van der Waals surface area (Å²) in [6.07, 6.45) is 0. The fourth-order valence-corrected chi connectivity index (χ4v) is 1.40. The van der Waals surface area contributed by atoms with Crippen LogP contribution in [0.25, 0.3) is 0 Å². The summed E-state index contributed by atoms with van der Waals surface area (Å²) >= 11 is 0. The smallest absolute Gasteiger partial charge is 0.335 e. The van der Waals surface area contributed by atoms with Crippen LogP contribution in [0, 0.1) is 0 Å². The molecule has 0 spiro atoms. The minimum absolute atomic E-state index is 0.0311. The number of aliphatic hydroxyl groups is 1. The van der Waals surface area contributed by atoms with Crippen LogP contribution in [-0.2, 0) is 10.3 Å². The Morgan fingerprint density at radius 1 is 1.31 bits per heavy atom. The van der Waals surface area contributed by atoms with Gasteiger partial charge in [0.25, 0.3) is 0 Å². The van der Waals surface area contributed by atoms with Gasteiger partial charge in [-0.15, -0.1) is 0 Å². The van der Waals surface area contributed by atoms with Gasteiger partial charge < -0.3 is 14.9 Å². The molecule has 0 bridgehead atoms. The maximum atomic E-state index is 10.7. The first kappa shape index (κ1) is 12.7. The predicted molar refractivity (Wildman–Crippen MR) is 59.5 cm³/mol. The number of aromatic carboxylic acids is 1. The first-order valence-electron chi connectivity index (χ1n) is 5.06. The number of benzene rings is 1. The summed E-state index contributed by atoms with van der Waals surface area (Å²) in [4.78, 5) is 10.7. The number of rotatable bonds is 5. The van der Waals surface area contributed by atoms with E-state index in [-0.39, 0.29) is 18.8 Å². The number of aliphatic hydroxyl groups excluding tert-OH is 1. The van der Waals surface area contributed by atoms with E-state index in [0.29, 0.717) is 0 Å². The highest BCUT2D eigenvalue weighted by atomic mass is 16.5. The van der Waals surface area contributed by atoms with E-state index in [1.165, 1.54) is 0 Å². The SMILES string of the molecule is CC(C)(OCCO)c1ccc(C(=O)O)cc1. The molecule has 1 aromatic carbocycles. The standard InChI is InChI=1S/C12H16O4/c1-12(2,16-8-7-13)10-5-3-9(4-6-10)11(14)15/h3-6,13H,7-8H2,1-2H3,(H,14,15). The molecule has 0 radical (unpaired) electrons. The molecule has 0 aliphatic heterocycles. The molecule has 0 amide bonds. The summed E-state index contributed by atoms with van der Waals surface area (Å²) in [6, 6.07) is 6.53. The highest BCUT2D eigenvalue weighted by Crippen LogP contribution is 2.24. The molecule has 0 atom stereocenters. The van der Waals surface area contributed by atoms with Crippen LogP contribution in [0.3, 0.4) is 0 Å². The molecule has 0 heterocycles. The molecule has 0 unspecified atom stereocenters. The lowest BCUT2D eigenvalue weighted by Gasteiger charge is -2.25. The van der Waals surface area contributed by atoms with E-state index >= 15 is 0 Å². The Morgan fingerprint density at radius 3 is 2.31 bits per heavy atom. The Bertz CT molecular complexity index is 354. The Morgan fingerprint density at radius 2 is 1.88 bits per heavy atom. The Hall–Kier alpha value is -1.39. The average Bonchev–Trinajstić information content (AvgIpc) is 2.26. The van der Waals surface area contributed by atoms with E-state index in [4.69, 9.17) is 14.9 Å². The minimum Gasteiger partial charge on any atom is -0.478 e. The van der Waals surface area contributed by atoms with Crippen molar-refractivity contribution in [1.29, 1.82) is 0 Å². The Balaban J connectivity index is 2.83. The van der Waals surface area contributed by atoms with Crippen molar-refractivity contribution in [2.75, 3.05) is 13.2 Å². The number of carbonyl (C=O) groups is 1. The molecular weight excluding hydrogens is 208 g/mol. The lowest BCUT2D eigenvalue weighted by molar-refractivity contribution is -0.0370. The molecule has 0 saturated heterocycles. The molecule has 0 aromatic heterocycles. The van der Waals surface area contributed by atoms with Gasteiger partial charge in [0.05, 0.1) is 24.4 Å². The monoisotopic (exact) mass is 224 g/mol. The van der Waals surface area contributed by atoms with Gasteiger partial charge in [-0.3, -0.25) is 0 Å². The maximum absolute atomic E-state index is 10.7. The normalized spacial score (nSPS) is 11.4. The van der Waals surface area contributed by atoms with Crippen LogP contribution < -0.4 is 0 Å². The van der Waals surface area contributed by atoms with Crippen molar-refractivity contribution in [1.82, 2.24) is 0 Å². The third-order valence-electron chi connectivity index (χ3n) is 2.38. The lowest BCUT2D eigenvalue weighted by atomic mass is 9.97. The predicted octanol–water partition coefficient (Wildman–Crippen LogP) is 1.63. The summed E-state index contributed by atoms with van der Waals surface area (Å²) in [5.41, 5.74) is 0.604. The van der Waals surface area contributed by atoms with Gasteiger partial charge in [0.1, 0.15) is 0 Å². The summed E-state index contributed by atoms with van der Waals surface area (Å²) in [5.74, 6) is -0.944. The van der Waals surface area contributed by atoms with Crippen molar-refractivity contribution in [3.63, 3.8) is 0 Å². The fraction of sp³-hybridized carbons (Fsp3) is 0.417. The van der Waals surface area contributed by atoms with E-state index in [9.17, 15) is 4.79 Å². The van der Waals surface area contributed by atoms with Crippen molar-refractivity contribution < 1.29 is 19.7 Å². The largest absolute Gasteiger partial charge is 0.478 e. The molecule has 0 aliphatic rings. The number of ether oxygens (including phenoxy) is 1. The molecule has 1 aromatic rings. The van der Waals surface area contributed by atoms with Crippen molar-refractivity contribution in [2.24, 2.45) is 0 Å². The second kappa shape index (κ2) is 5.09. The average molecular weight is 224 g/mol. The summed E-state index contributed by atoms with van der Waals surface area (Å²) < 4.78 is 5.47. The molecular formula is C12H16O4. The molecule has 0 aliphatic carbocycles. The van der Waals surface area contributed by atoms with Crippen molar-refractivity contribution >= 4 is 5.97 Å². The van der Waals surface area contributed by atoms with Gasteiger partial charge in [-0.05, 0) is 31.5 Å². The maximum Gasteiger partial charge on any atom is 0.335 e. The summed E-state index contributed by atoms with van der Waals surface area (Å²) in [6.45, 7) is 3.97. The highest BCUT2D eigenvalue weighted by molar-refractivity contribution is 5.87. The molecule has 4 heteroatoms. The van der Waals surface area contributed by atoms with Crippen LogP contribution >= 0.6 is 0 Å². The number of hydrogen-bond acceptors (Lipinski definition) is 3. The van der Waals surface area contributed by atoms with Crippen LogP contribution in [0.1, 0.15) is 29.8 Å². The molecule has 4 nitrogen and oxygen atoms in total. The zero-order valence-corrected chi connectivity index (χ0v) is 9.43. The van der Waals surface area contributed by atoms with Crippen LogP contribution in [0.2, 0.25) is 0 Å². The molecule has 16 heavy (non-hydrogen) atoms. The molecule has 1 rings (SSSR count). The van der Waals surface area contributed by atoms with E-state index in [0.717, 1.165) is 5.56 Å². The molecule has 0 fully saturated rings. The minimum atomic E-state index is -0.944. The van der Waals surface area contributed by atoms with Gasteiger partial charge >= 0.3 is 5.97 Å². The van der Waals surface area contributed by atoms with Crippen LogP contribution in [0.5, 0.6) is 0 Å². The second-order valence-electron chi connectivity index (χ2n) is 3.96. The van der Waals surface area contributed by atoms with Crippen LogP contribution in [0.15, 0.2) is 24.3 Å². The lowest BCUT2D eigenvalue weighted by Crippen LogP contribution is -2.23. The van der Waals surface area contributed by atoms with Gasteiger partial charge in [-0.2, -0.15) is 0 Å². The summed E-state index contributed by atoms with van der Waals surface area (Å²) in [7, 11) is 0. The topological polar surface area (TPSA) is 66.8 Å². The van der Waals surface area contributed by atoms with Gasteiger partial charge in [0.15, 0.2) is 0 Å². The van der Waals surface area contributed by atoms with Gasteiger partial charge in [-0.25, -0.2) is 4.79 Å². The zero-order valence-electron chi connectivity index (χ0n) is 9.43. The second-order valence-corrected chi connectivity index (χ2v) is 3.96. The Kier molecular flexibility index (Phi) is 4.04.